The summed E-state index contributed by atoms with van der Waals surface area (Å²) in [6, 6.07) is 5.38. The van der Waals surface area contributed by atoms with Crippen molar-refractivity contribution in [2.75, 3.05) is 13.1 Å². The number of rotatable bonds is 5. The fourth-order valence-corrected chi connectivity index (χ4v) is 1.97. The number of halogens is 1. The number of benzene rings is 1. The topological polar surface area (TPSA) is 57.6 Å². The van der Waals surface area contributed by atoms with Crippen molar-refractivity contribution in [2.24, 2.45) is 5.92 Å². The molecule has 0 aliphatic carbocycles. The van der Waals surface area contributed by atoms with E-state index in [1.165, 1.54) is 0 Å². The Labute approximate surface area is 121 Å². The minimum Gasteiger partial charge on any atom is -0.481 e. The summed E-state index contributed by atoms with van der Waals surface area (Å²) in [6.07, 6.45) is 0. The Bertz CT molecular complexity index is 488. The maximum atomic E-state index is 12.3. The lowest BCUT2D eigenvalue weighted by atomic mass is 10.1. The second-order valence-electron chi connectivity index (χ2n) is 4.55. The van der Waals surface area contributed by atoms with Crippen LogP contribution in [0, 0.1) is 12.8 Å². The molecule has 0 bridgehead atoms. The summed E-state index contributed by atoms with van der Waals surface area (Å²) >= 11 is 3.39. The van der Waals surface area contributed by atoms with Crippen molar-refractivity contribution in [2.45, 2.75) is 20.8 Å². The molecule has 1 rings (SSSR count). The summed E-state index contributed by atoms with van der Waals surface area (Å²) < 4.78 is 0.950. The van der Waals surface area contributed by atoms with Crippen LogP contribution in [-0.4, -0.2) is 35.0 Å². The molecule has 1 amide bonds. The normalized spacial score (nSPS) is 12.0. The average Bonchev–Trinajstić information content (AvgIpc) is 2.37. The molecule has 104 valence electrons. The molecular formula is C14H18BrNO3. The van der Waals surface area contributed by atoms with Crippen LogP contribution in [0.5, 0.6) is 0 Å². The predicted molar refractivity (Wildman–Crippen MR) is 77.3 cm³/mol. The Balaban J connectivity index is 2.89. The van der Waals surface area contributed by atoms with E-state index in [0.29, 0.717) is 12.1 Å². The predicted octanol–water partition coefficient (Wildman–Crippen LogP) is 2.94. The van der Waals surface area contributed by atoms with Gasteiger partial charge in [0.2, 0.25) is 0 Å². The van der Waals surface area contributed by atoms with Gasteiger partial charge in [-0.25, -0.2) is 0 Å². The minimum absolute atomic E-state index is 0.133. The van der Waals surface area contributed by atoms with E-state index >= 15 is 0 Å². The van der Waals surface area contributed by atoms with Crippen molar-refractivity contribution in [3.63, 3.8) is 0 Å². The number of carboxylic acids is 1. The van der Waals surface area contributed by atoms with Gasteiger partial charge in [0.15, 0.2) is 0 Å². The highest BCUT2D eigenvalue weighted by atomic mass is 79.9. The molecule has 0 spiro atoms. The standard InChI is InChI=1S/C14H18BrNO3/c1-4-16(8-10(3)14(18)19)13(17)11-5-6-12(15)9(2)7-11/h5-7,10H,4,8H2,1-3H3,(H,18,19). The molecule has 0 aliphatic heterocycles. The highest BCUT2D eigenvalue weighted by Crippen LogP contribution is 2.18. The number of hydrogen-bond donors (Lipinski definition) is 1. The molecule has 0 aromatic heterocycles. The molecule has 0 heterocycles. The first-order valence-electron chi connectivity index (χ1n) is 6.15. The van der Waals surface area contributed by atoms with Gasteiger partial charge in [-0.05, 0) is 37.6 Å². The summed E-state index contributed by atoms with van der Waals surface area (Å²) in [7, 11) is 0. The van der Waals surface area contributed by atoms with Gasteiger partial charge < -0.3 is 10.0 Å². The third-order valence-corrected chi connectivity index (χ3v) is 3.88. The molecular weight excluding hydrogens is 310 g/mol. The van der Waals surface area contributed by atoms with Gasteiger partial charge in [0.05, 0.1) is 5.92 Å². The third-order valence-electron chi connectivity index (χ3n) is 2.99. The Morgan fingerprint density at radius 1 is 1.42 bits per heavy atom. The SMILES string of the molecule is CCN(CC(C)C(=O)O)C(=O)c1ccc(Br)c(C)c1. The lowest BCUT2D eigenvalue weighted by Gasteiger charge is -2.23. The Morgan fingerprint density at radius 2 is 2.05 bits per heavy atom. The Kier molecular flexibility index (Phi) is 5.54. The number of amides is 1. The number of hydrogen-bond acceptors (Lipinski definition) is 2. The monoisotopic (exact) mass is 327 g/mol. The average molecular weight is 328 g/mol. The van der Waals surface area contributed by atoms with E-state index in [1.54, 1.807) is 24.0 Å². The summed E-state index contributed by atoms with van der Waals surface area (Å²) in [5.41, 5.74) is 1.56. The van der Waals surface area contributed by atoms with Crippen LogP contribution < -0.4 is 0 Å². The fraction of sp³-hybridized carbons (Fsp3) is 0.429. The lowest BCUT2D eigenvalue weighted by Crippen LogP contribution is -2.36. The zero-order chi connectivity index (χ0) is 14.6. The highest BCUT2D eigenvalue weighted by molar-refractivity contribution is 9.10. The van der Waals surface area contributed by atoms with Crippen molar-refractivity contribution in [3.8, 4) is 0 Å². The van der Waals surface area contributed by atoms with Gasteiger partial charge in [0, 0.05) is 23.1 Å². The molecule has 5 heteroatoms. The molecule has 4 nitrogen and oxygen atoms in total. The summed E-state index contributed by atoms with van der Waals surface area (Å²) in [5, 5.41) is 8.92. The molecule has 0 saturated carbocycles. The van der Waals surface area contributed by atoms with E-state index < -0.39 is 11.9 Å². The van der Waals surface area contributed by atoms with Crippen molar-refractivity contribution in [3.05, 3.63) is 33.8 Å². The third kappa shape index (κ3) is 4.06. The number of carboxylic acid groups (broad SMARTS) is 1. The highest BCUT2D eigenvalue weighted by Gasteiger charge is 2.20. The van der Waals surface area contributed by atoms with Crippen molar-refractivity contribution in [1.82, 2.24) is 4.90 Å². The van der Waals surface area contributed by atoms with Gasteiger partial charge in [0.1, 0.15) is 0 Å². The van der Waals surface area contributed by atoms with Gasteiger partial charge in [0.25, 0.3) is 5.91 Å². The molecule has 1 N–H and O–H groups in total. The molecule has 0 aliphatic rings. The molecule has 19 heavy (non-hydrogen) atoms. The van der Waals surface area contributed by atoms with Crippen LogP contribution in [0.2, 0.25) is 0 Å². The quantitative estimate of drug-likeness (QED) is 0.904. The first kappa shape index (κ1) is 15.7. The molecule has 0 saturated heterocycles. The van der Waals surface area contributed by atoms with Crippen LogP contribution in [0.4, 0.5) is 0 Å². The van der Waals surface area contributed by atoms with E-state index in [0.717, 1.165) is 10.0 Å². The number of aryl methyl sites for hydroxylation is 1. The van der Waals surface area contributed by atoms with Gasteiger partial charge >= 0.3 is 5.97 Å². The van der Waals surface area contributed by atoms with Gasteiger partial charge in [-0.1, -0.05) is 22.9 Å². The summed E-state index contributed by atoms with van der Waals surface area (Å²) in [4.78, 5) is 24.7. The van der Waals surface area contributed by atoms with E-state index in [2.05, 4.69) is 15.9 Å². The second-order valence-corrected chi connectivity index (χ2v) is 5.40. The zero-order valence-corrected chi connectivity index (χ0v) is 12.9. The summed E-state index contributed by atoms with van der Waals surface area (Å²) in [5.74, 6) is -1.59. The van der Waals surface area contributed by atoms with Crippen LogP contribution in [0.3, 0.4) is 0 Å². The van der Waals surface area contributed by atoms with Gasteiger partial charge in [-0.2, -0.15) is 0 Å². The van der Waals surface area contributed by atoms with Crippen molar-refractivity contribution >= 4 is 27.8 Å². The van der Waals surface area contributed by atoms with E-state index in [9.17, 15) is 9.59 Å². The van der Waals surface area contributed by atoms with Crippen LogP contribution in [0.1, 0.15) is 29.8 Å². The first-order chi connectivity index (χ1) is 8.86. The van der Waals surface area contributed by atoms with Crippen LogP contribution in [0.25, 0.3) is 0 Å². The number of carbonyl (C=O) groups is 2. The van der Waals surface area contributed by atoms with Crippen molar-refractivity contribution in [1.29, 1.82) is 0 Å². The van der Waals surface area contributed by atoms with Crippen molar-refractivity contribution < 1.29 is 14.7 Å². The molecule has 1 atom stereocenters. The van der Waals surface area contributed by atoms with E-state index in [4.69, 9.17) is 5.11 Å². The number of carbonyl (C=O) groups excluding carboxylic acids is 1. The first-order valence-corrected chi connectivity index (χ1v) is 6.94. The minimum atomic E-state index is -0.891. The Morgan fingerprint density at radius 3 is 2.53 bits per heavy atom. The molecule has 1 aromatic carbocycles. The Hall–Kier alpha value is -1.36. The number of aliphatic carboxylic acids is 1. The lowest BCUT2D eigenvalue weighted by molar-refractivity contribution is -0.141. The maximum absolute atomic E-state index is 12.3. The zero-order valence-electron chi connectivity index (χ0n) is 11.3. The largest absolute Gasteiger partial charge is 0.481 e. The van der Waals surface area contributed by atoms with Gasteiger partial charge in [-0.3, -0.25) is 9.59 Å². The smallest absolute Gasteiger partial charge is 0.308 e. The summed E-state index contributed by atoms with van der Waals surface area (Å²) in [6.45, 7) is 6.08. The van der Waals surface area contributed by atoms with Gasteiger partial charge in [-0.15, -0.1) is 0 Å². The molecule has 1 aromatic rings. The van der Waals surface area contributed by atoms with E-state index in [-0.39, 0.29) is 12.5 Å². The van der Waals surface area contributed by atoms with Crippen LogP contribution in [-0.2, 0) is 4.79 Å². The van der Waals surface area contributed by atoms with Crippen LogP contribution in [0.15, 0.2) is 22.7 Å². The van der Waals surface area contributed by atoms with E-state index in [1.807, 2.05) is 19.9 Å². The number of nitrogens with zero attached hydrogens (tertiary/aromatic N) is 1. The second kappa shape index (κ2) is 6.70. The molecule has 0 fully saturated rings. The molecule has 0 radical (unpaired) electrons. The maximum Gasteiger partial charge on any atom is 0.308 e. The fourth-order valence-electron chi connectivity index (χ4n) is 1.72. The molecule has 1 unspecified atom stereocenters. The van der Waals surface area contributed by atoms with Crippen LogP contribution >= 0.6 is 15.9 Å².